The minimum absolute atomic E-state index is 0.00656. The standard InChI is InChI=1S/C25H17F3N4O2S/c26-25(27,28)14-6-5-7-15(12-14)29-21(33)13-20-23(34)30-24(35-20)32-31-22-18-10-3-1-8-16(18)17-9-2-4-11-19(17)22/h1-12,20H,13H2,(H,29,33)(H,30,32,34). The Morgan fingerprint density at radius 3 is 2.17 bits per heavy atom. The van der Waals surface area contributed by atoms with E-state index in [0.29, 0.717) is 5.71 Å². The van der Waals surface area contributed by atoms with Gasteiger partial charge in [0.15, 0.2) is 5.17 Å². The molecule has 1 heterocycles. The molecule has 5 rings (SSSR count). The molecule has 3 aromatic rings. The first-order chi connectivity index (χ1) is 16.8. The van der Waals surface area contributed by atoms with E-state index in [-0.39, 0.29) is 17.3 Å². The Morgan fingerprint density at radius 2 is 1.54 bits per heavy atom. The van der Waals surface area contributed by atoms with E-state index in [1.54, 1.807) is 0 Å². The Kier molecular flexibility index (Phi) is 5.89. The zero-order valence-electron chi connectivity index (χ0n) is 18.0. The Hall–Kier alpha value is -3.92. The van der Waals surface area contributed by atoms with Gasteiger partial charge in [-0.2, -0.15) is 13.2 Å². The monoisotopic (exact) mass is 494 g/mol. The summed E-state index contributed by atoms with van der Waals surface area (Å²) in [5, 5.41) is 13.1. The molecule has 2 aliphatic rings. The summed E-state index contributed by atoms with van der Waals surface area (Å²) >= 11 is 1.05. The number of carbonyl (C=O) groups is 2. The molecule has 6 nitrogen and oxygen atoms in total. The van der Waals surface area contributed by atoms with Crippen LogP contribution in [0.5, 0.6) is 0 Å². The van der Waals surface area contributed by atoms with Gasteiger partial charge in [-0.25, -0.2) is 0 Å². The summed E-state index contributed by atoms with van der Waals surface area (Å²) in [6.07, 6.45) is -4.75. The lowest BCUT2D eigenvalue weighted by Crippen LogP contribution is -2.28. The van der Waals surface area contributed by atoms with Crippen molar-refractivity contribution in [2.24, 2.45) is 10.2 Å². The predicted molar refractivity (Wildman–Crippen MR) is 129 cm³/mol. The van der Waals surface area contributed by atoms with Crippen molar-refractivity contribution >= 4 is 40.1 Å². The van der Waals surface area contributed by atoms with Gasteiger partial charge in [0.25, 0.3) is 0 Å². The first-order valence-electron chi connectivity index (χ1n) is 10.6. The number of nitrogens with zero attached hydrogens (tertiary/aromatic N) is 2. The van der Waals surface area contributed by atoms with Crippen LogP contribution in [0.3, 0.4) is 0 Å². The minimum Gasteiger partial charge on any atom is -0.326 e. The molecule has 0 spiro atoms. The van der Waals surface area contributed by atoms with Crippen LogP contribution in [0.1, 0.15) is 23.1 Å². The van der Waals surface area contributed by atoms with Crippen LogP contribution in [0.15, 0.2) is 83.0 Å². The van der Waals surface area contributed by atoms with E-state index in [0.717, 1.165) is 46.1 Å². The average Bonchev–Trinajstić information content (AvgIpc) is 3.34. The fraction of sp³-hybridized carbons (Fsp3) is 0.120. The molecule has 2 amide bonds. The third kappa shape index (κ3) is 4.69. The number of alkyl halides is 3. The molecule has 2 N–H and O–H groups in total. The lowest BCUT2D eigenvalue weighted by Gasteiger charge is -2.10. The number of carbonyl (C=O) groups excluding carboxylic acids is 2. The Balaban J connectivity index is 1.29. The van der Waals surface area contributed by atoms with Gasteiger partial charge in [0.2, 0.25) is 11.8 Å². The molecule has 1 aliphatic heterocycles. The summed E-state index contributed by atoms with van der Waals surface area (Å²) < 4.78 is 38.6. The summed E-state index contributed by atoms with van der Waals surface area (Å²) in [5.74, 6) is -0.997. The maximum Gasteiger partial charge on any atom is 0.416 e. The molecule has 0 radical (unpaired) electrons. The van der Waals surface area contributed by atoms with Gasteiger partial charge < -0.3 is 10.6 Å². The number of halogens is 3. The quantitative estimate of drug-likeness (QED) is 0.390. The summed E-state index contributed by atoms with van der Waals surface area (Å²) in [6, 6.07) is 20.0. The molecular formula is C25H17F3N4O2S. The molecule has 1 aliphatic carbocycles. The van der Waals surface area contributed by atoms with Crippen molar-refractivity contribution in [1.82, 2.24) is 5.32 Å². The lowest BCUT2D eigenvalue weighted by molar-refractivity contribution is -0.137. The second kappa shape index (κ2) is 9.03. The predicted octanol–water partition coefficient (Wildman–Crippen LogP) is 5.05. The van der Waals surface area contributed by atoms with Crippen molar-refractivity contribution in [3.05, 3.63) is 89.5 Å². The molecule has 3 aromatic carbocycles. The summed E-state index contributed by atoms with van der Waals surface area (Å²) in [4.78, 5) is 24.7. The van der Waals surface area contributed by atoms with E-state index in [1.165, 1.54) is 12.1 Å². The number of rotatable bonds is 4. The first kappa shape index (κ1) is 22.9. The highest BCUT2D eigenvalue weighted by Gasteiger charge is 2.33. The van der Waals surface area contributed by atoms with Crippen LogP contribution in [0.4, 0.5) is 18.9 Å². The Morgan fingerprint density at radius 1 is 0.914 bits per heavy atom. The lowest BCUT2D eigenvalue weighted by atomic mass is 10.1. The fourth-order valence-electron chi connectivity index (χ4n) is 3.94. The highest BCUT2D eigenvalue weighted by atomic mass is 32.2. The van der Waals surface area contributed by atoms with Gasteiger partial charge in [-0.15, -0.1) is 10.2 Å². The highest BCUT2D eigenvalue weighted by Crippen LogP contribution is 2.37. The number of hydrogen-bond acceptors (Lipinski definition) is 5. The number of benzene rings is 3. The topological polar surface area (TPSA) is 82.9 Å². The molecule has 1 fully saturated rings. The molecule has 0 bridgehead atoms. The van der Waals surface area contributed by atoms with Crippen LogP contribution in [0.25, 0.3) is 11.1 Å². The highest BCUT2D eigenvalue weighted by molar-refractivity contribution is 8.15. The average molecular weight is 494 g/mol. The smallest absolute Gasteiger partial charge is 0.326 e. The maximum atomic E-state index is 12.9. The molecular weight excluding hydrogens is 477 g/mol. The third-order valence-electron chi connectivity index (χ3n) is 5.52. The Bertz CT molecular complexity index is 1350. The van der Waals surface area contributed by atoms with Crippen molar-refractivity contribution in [3.8, 4) is 11.1 Å². The zero-order chi connectivity index (χ0) is 24.6. The second-order valence-electron chi connectivity index (χ2n) is 7.87. The molecule has 1 unspecified atom stereocenters. The van der Waals surface area contributed by atoms with Gasteiger partial charge in [-0.05, 0) is 29.3 Å². The van der Waals surface area contributed by atoms with E-state index >= 15 is 0 Å². The van der Waals surface area contributed by atoms with Gasteiger partial charge in [0.1, 0.15) is 11.0 Å². The second-order valence-corrected chi connectivity index (χ2v) is 9.06. The molecule has 1 saturated heterocycles. The number of amides is 2. The van der Waals surface area contributed by atoms with Crippen LogP contribution in [-0.4, -0.2) is 27.9 Å². The molecule has 1 atom stereocenters. The maximum absolute atomic E-state index is 12.9. The minimum atomic E-state index is -4.52. The molecule has 0 aromatic heterocycles. The fourth-order valence-corrected chi connectivity index (χ4v) is 4.86. The van der Waals surface area contributed by atoms with E-state index in [2.05, 4.69) is 20.8 Å². The largest absolute Gasteiger partial charge is 0.416 e. The number of anilines is 1. The van der Waals surface area contributed by atoms with Gasteiger partial charge >= 0.3 is 6.18 Å². The van der Waals surface area contributed by atoms with E-state index in [4.69, 9.17) is 0 Å². The van der Waals surface area contributed by atoms with Gasteiger partial charge in [0.05, 0.1) is 5.56 Å². The van der Waals surface area contributed by atoms with E-state index in [9.17, 15) is 22.8 Å². The normalized spacial score (nSPS) is 17.7. The third-order valence-corrected chi connectivity index (χ3v) is 6.59. The first-order valence-corrected chi connectivity index (χ1v) is 11.5. The zero-order valence-corrected chi connectivity index (χ0v) is 18.8. The summed E-state index contributed by atoms with van der Waals surface area (Å²) in [6.45, 7) is 0. The van der Waals surface area contributed by atoms with Crippen molar-refractivity contribution in [2.75, 3.05) is 5.32 Å². The number of fused-ring (bicyclic) bond motifs is 3. The van der Waals surface area contributed by atoms with E-state index < -0.39 is 28.8 Å². The van der Waals surface area contributed by atoms with E-state index in [1.807, 2.05) is 48.5 Å². The number of thioether (sulfide) groups is 1. The van der Waals surface area contributed by atoms with Crippen molar-refractivity contribution < 1.29 is 22.8 Å². The molecule has 35 heavy (non-hydrogen) atoms. The van der Waals surface area contributed by atoms with Crippen molar-refractivity contribution in [3.63, 3.8) is 0 Å². The Labute approximate surface area is 202 Å². The summed E-state index contributed by atoms with van der Waals surface area (Å²) in [7, 11) is 0. The van der Waals surface area contributed by atoms with Gasteiger partial charge in [-0.1, -0.05) is 66.4 Å². The van der Waals surface area contributed by atoms with Crippen molar-refractivity contribution in [2.45, 2.75) is 17.8 Å². The SMILES string of the molecule is O=C(CC1S/C(=N/N=C2c3ccccc3-c3ccccc32)NC1=O)Nc1cccc(C(F)(F)F)c1. The number of amidine groups is 1. The van der Waals surface area contributed by atoms with Crippen molar-refractivity contribution in [1.29, 1.82) is 0 Å². The van der Waals surface area contributed by atoms with Crippen LogP contribution in [0.2, 0.25) is 0 Å². The summed E-state index contributed by atoms with van der Waals surface area (Å²) in [5.41, 5.74) is 3.79. The van der Waals surface area contributed by atoms with Crippen LogP contribution in [0, 0.1) is 0 Å². The number of nitrogens with one attached hydrogen (secondary N) is 2. The molecule has 10 heteroatoms. The molecule has 176 valence electrons. The molecule has 0 saturated carbocycles. The van der Waals surface area contributed by atoms with Crippen LogP contribution < -0.4 is 10.6 Å². The van der Waals surface area contributed by atoms with Gasteiger partial charge in [-0.3, -0.25) is 9.59 Å². The van der Waals surface area contributed by atoms with Crippen LogP contribution in [-0.2, 0) is 15.8 Å². The van der Waals surface area contributed by atoms with Crippen LogP contribution >= 0.6 is 11.8 Å². The van der Waals surface area contributed by atoms with Gasteiger partial charge in [0, 0.05) is 23.2 Å². The number of hydrogen-bond donors (Lipinski definition) is 2.